The van der Waals surface area contributed by atoms with Gasteiger partial charge in [0.05, 0.1) is 0 Å². The molecule has 0 saturated heterocycles. The Kier molecular flexibility index (Phi) is 4.28. The number of primary amides is 1. The standard InChI is InChI=1S/C6H13N3O/c1-5(2)3-4-8-9-6(7)10/h4-5H,3H2,1-2H3,(H3,7,9,10)/b8-4+. The molecule has 0 aliphatic rings. The van der Waals surface area contributed by atoms with Crippen LogP contribution in [0.5, 0.6) is 0 Å². The highest BCUT2D eigenvalue weighted by Gasteiger charge is 1.88. The quantitative estimate of drug-likeness (QED) is 0.443. The van der Waals surface area contributed by atoms with Crippen molar-refractivity contribution >= 4 is 12.2 Å². The molecule has 0 aromatic carbocycles. The Morgan fingerprint density at radius 1 is 1.80 bits per heavy atom. The molecule has 0 fully saturated rings. The fourth-order valence-electron chi connectivity index (χ4n) is 0.373. The van der Waals surface area contributed by atoms with Crippen LogP contribution in [-0.2, 0) is 0 Å². The van der Waals surface area contributed by atoms with E-state index in [4.69, 9.17) is 5.73 Å². The Bertz CT molecular complexity index is 131. The van der Waals surface area contributed by atoms with Crippen LogP contribution in [0.15, 0.2) is 5.10 Å². The minimum absolute atomic E-state index is 0.554. The van der Waals surface area contributed by atoms with E-state index in [-0.39, 0.29) is 0 Å². The second-order valence-corrected chi connectivity index (χ2v) is 2.42. The number of hydrogen-bond acceptors (Lipinski definition) is 2. The van der Waals surface area contributed by atoms with E-state index in [1.807, 2.05) is 0 Å². The minimum Gasteiger partial charge on any atom is -0.350 e. The van der Waals surface area contributed by atoms with Crippen LogP contribution in [0.1, 0.15) is 20.3 Å². The Hall–Kier alpha value is -1.06. The van der Waals surface area contributed by atoms with Crippen LogP contribution in [0.2, 0.25) is 0 Å². The Labute approximate surface area is 60.5 Å². The summed E-state index contributed by atoms with van der Waals surface area (Å²) in [6.07, 6.45) is 2.48. The number of hydrogen-bond donors (Lipinski definition) is 2. The number of carbonyl (C=O) groups excluding carboxylic acids is 1. The number of nitrogens with one attached hydrogen (secondary N) is 1. The van der Waals surface area contributed by atoms with E-state index in [0.29, 0.717) is 5.92 Å². The van der Waals surface area contributed by atoms with Crippen LogP contribution in [-0.4, -0.2) is 12.2 Å². The molecule has 0 radical (unpaired) electrons. The predicted octanol–water partition coefficient (Wildman–Crippen LogP) is 0.687. The molecule has 10 heavy (non-hydrogen) atoms. The van der Waals surface area contributed by atoms with Gasteiger partial charge in [-0.1, -0.05) is 13.8 Å². The normalized spacial score (nSPS) is 10.7. The molecule has 4 heteroatoms. The molecule has 58 valence electrons. The van der Waals surface area contributed by atoms with E-state index in [9.17, 15) is 4.79 Å². The fraction of sp³-hybridized carbons (Fsp3) is 0.667. The van der Waals surface area contributed by atoms with Gasteiger partial charge in [-0.3, -0.25) is 0 Å². The minimum atomic E-state index is -0.625. The molecule has 0 aliphatic carbocycles. The van der Waals surface area contributed by atoms with Crippen molar-refractivity contribution in [3.63, 3.8) is 0 Å². The third kappa shape index (κ3) is 6.94. The van der Waals surface area contributed by atoms with Gasteiger partial charge in [-0.2, -0.15) is 5.10 Å². The smallest absolute Gasteiger partial charge is 0.332 e. The van der Waals surface area contributed by atoms with Gasteiger partial charge in [0.1, 0.15) is 0 Å². The lowest BCUT2D eigenvalue weighted by atomic mass is 10.2. The van der Waals surface area contributed by atoms with Crippen molar-refractivity contribution in [2.24, 2.45) is 16.8 Å². The molecule has 0 heterocycles. The zero-order chi connectivity index (χ0) is 7.98. The van der Waals surface area contributed by atoms with Crippen LogP contribution < -0.4 is 11.2 Å². The number of nitrogens with zero attached hydrogens (tertiary/aromatic N) is 1. The largest absolute Gasteiger partial charge is 0.350 e. The van der Waals surface area contributed by atoms with Crippen molar-refractivity contribution in [1.82, 2.24) is 5.43 Å². The molecule has 0 bridgehead atoms. The van der Waals surface area contributed by atoms with Crippen molar-refractivity contribution in [2.45, 2.75) is 20.3 Å². The van der Waals surface area contributed by atoms with Crippen LogP contribution >= 0.6 is 0 Å². The average molecular weight is 143 g/mol. The maximum absolute atomic E-state index is 10.0. The van der Waals surface area contributed by atoms with Crippen molar-refractivity contribution in [3.05, 3.63) is 0 Å². The van der Waals surface area contributed by atoms with Gasteiger partial charge in [-0.15, -0.1) is 0 Å². The number of urea groups is 1. The second kappa shape index (κ2) is 4.78. The molecule has 0 aromatic rings. The van der Waals surface area contributed by atoms with E-state index in [1.54, 1.807) is 6.21 Å². The molecule has 0 rings (SSSR count). The summed E-state index contributed by atoms with van der Waals surface area (Å²) in [7, 11) is 0. The Morgan fingerprint density at radius 2 is 2.40 bits per heavy atom. The highest BCUT2D eigenvalue weighted by atomic mass is 16.2. The van der Waals surface area contributed by atoms with Gasteiger partial charge in [-0.25, -0.2) is 10.2 Å². The Morgan fingerprint density at radius 3 is 2.80 bits per heavy atom. The first-order chi connectivity index (χ1) is 4.63. The summed E-state index contributed by atoms with van der Waals surface area (Å²) in [5, 5.41) is 3.56. The van der Waals surface area contributed by atoms with Gasteiger partial charge in [0.2, 0.25) is 0 Å². The van der Waals surface area contributed by atoms with Crippen LogP contribution in [0.4, 0.5) is 4.79 Å². The lowest BCUT2D eigenvalue weighted by Crippen LogP contribution is -2.24. The fourth-order valence-corrected chi connectivity index (χ4v) is 0.373. The number of carbonyl (C=O) groups is 1. The SMILES string of the molecule is CC(C)C/C=N/NC(N)=O. The number of rotatable bonds is 3. The molecular weight excluding hydrogens is 130 g/mol. The number of amides is 2. The molecule has 0 spiro atoms. The van der Waals surface area contributed by atoms with Gasteiger partial charge in [0, 0.05) is 6.21 Å². The summed E-state index contributed by atoms with van der Waals surface area (Å²) in [4.78, 5) is 10.0. The topological polar surface area (TPSA) is 67.5 Å². The molecule has 0 atom stereocenters. The summed E-state index contributed by atoms with van der Waals surface area (Å²) in [6.45, 7) is 4.13. The first kappa shape index (κ1) is 8.94. The van der Waals surface area contributed by atoms with Crippen molar-refractivity contribution in [3.8, 4) is 0 Å². The van der Waals surface area contributed by atoms with E-state index in [0.717, 1.165) is 6.42 Å². The third-order valence-corrected chi connectivity index (χ3v) is 0.843. The van der Waals surface area contributed by atoms with Gasteiger partial charge in [0.15, 0.2) is 0 Å². The molecule has 4 nitrogen and oxygen atoms in total. The predicted molar refractivity (Wildman–Crippen MR) is 40.7 cm³/mol. The van der Waals surface area contributed by atoms with Gasteiger partial charge < -0.3 is 5.73 Å². The first-order valence-corrected chi connectivity index (χ1v) is 3.20. The molecule has 3 N–H and O–H groups in total. The van der Waals surface area contributed by atoms with Crippen molar-refractivity contribution in [2.75, 3.05) is 0 Å². The number of hydrazone groups is 1. The molecule has 0 aromatic heterocycles. The zero-order valence-electron chi connectivity index (χ0n) is 6.29. The van der Waals surface area contributed by atoms with Gasteiger partial charge in [-0.05, 0) is 12.3 Å². The summed E-state index contributed by atoms with van der Waals surface area (Å²) in [6, 6.07) is -0.625. The Balaban J connectivity index is 3.29. The van der Waals surface area contributed by atoms with Crippen molar-refractivity contribution < 1.29 is 4.79 Å². The van der Waals surface area contributed by atoms with E-state index in [1.165, 1.54) is 0 Å². The first-order valence-electron chi connectivity index (χ1n) is 3.20. The van der Waals surface area contributed by atoms with Crippen LogP contribution in [0.3, 0.4) is 0 Å². The number of nitrogens with two attached hydrogens (primary N) is 1. The van der Waals surface area contributed by atoms with E-state index in [2.05, 4.69) is 24.4 Å². The third-order valence-electron chi connectivity index (χ3n) is 0.843. The lowest BCUT2D eigenvalue weighted by molar-refractivity contribution is 0.249. The maximum Gasteiger partial charge on any atom is 0.332 e. The molecule has 0 saturated carbocycles. The van der Waals surface area contributed by atoms with Gasteiger partial charge >= 0.3 is 6.03 Å². The average Bonchev–Trinajstić information content (AvgIpc) is 1.79. The molecule has 0 unspecified atom stereocenters. The van der Waals surface area contributed by atoms with Crippen LogP contribution in [0.25, 0.3) is 0 Å². The summed E-state index contributed by atoms with van der Waals surface area (Å²) in [5.74, 6) is 0.554. The molecular formula is C6H13N3O. The lowest BCUT2D eigenvalue weighted by Gasteiger charge is -1.95. The van der Waals surface area contributed by atoms with Gasteiger partial charge in [0.25, 0.3) is 0 Å². The monoisotopic (exact) mass is 143 g/mol. The highest BCUT2D eigenvalue weighted by molar-refractivity contribution is 5.72. The van der Waals surface area contributed by atoms with E-state index >= 15 is 0 Å². The van der Waals surface area contributed by atoms with Crippen LogP contribution in [0, 0.1) is 5.92 Å². The zero-order valence-corrected chi connectivity index (χ0v) is 6.29. The highest BCUT2D eigenvalue weighted by Crippen LogP contribution is 1.93. The molecule has 2 amide bonds. The summed E-state index contributed by atoms with van der Waals surface area (Å²) < 4.78 is 0. The molecule has 0 aliphatic heterocycles. The summed E-state index contributed by atoms with van der Waals surface area (Å²) in [5.41, 5.74) is 6.85. The van der Waals surface area contributed by atoms with E-state index < -0.39 is 6.03 Å². The maximum atomic E-state index is 10.0. The van der Waals surface area contributed by atoms with Crippen molar-refractivity contribution in [1.29, 1.82) is 0 Å². The second-order valence-electron chi connectivity index (χ2n) is 2.42. The summed E-state index contributed by atoms with van der Waals surface area (Å²) >= 11 is 0.